The summed E-state index contributed by atoms with van der Waals surface area (Å²) in [5.74, 6) is -1.84. The lowest BCUT2D eigenvalue weighted by atomic mass is 9.79. The molecule has 38 heavy (non-hydrogen) atoms. The van der Waals surface area contributed by atoms with Crippen molar-refractivity contribution in [2.75, 3.05) is 19.5 Å². The third-order valence-corrected chi connectivity index (χ3v) is 6.72. The van der Waals surface area contributed by atoms with Crippen LogP contribution in [0.1, 0.15) is 25.3 Å². The summed E-state index contributed by atoms with van der Waals surface area (Å²) in [5.41, 5.74) is 4.36. The number of hydrogen-bond donors (Lipinski definition) is 2. The standard InChI is InChI=1S/C27H25F2N3O5S/c1-14-21(24(33)35-3)23(22(15(2)30-14)25(34)36-4)18-7-5-6-8-19(18)31-27-32-20(13-38-27)16-9-11-17(12-10-16)37-26(28)29/h5-13,23,26,30H,1-4H3,(H,31,32). The van der Waals surface area contributed by atoms with E-state index in [0.717, 1.165) is 5.56 Å². The van der Waals surface area contributed by atoms with Crippen molar-refractivity contribution >= 4 is 34.1 Å². The molecule has 2 heterocycles. The summed E-state index contributed by atoms with van der Waals surface area (Å²) in [6.07, 6.45) is 0. The molecule has 1 aliphatic heterocycles. The number of aromatic nitrogens is 1. The lowest BCUT2D eigenvalue weighted by molar-refractivity contribution is -0.137. The summed E-state index contributed by atoms with van der Waals surface area (Å²) in [6, 6.07) is 13.5. The van der Waals surface area contributed by atoms with Gasteiger partial charge >= 0.3 is 18.6 Å². The first-order valence-corrected chi connectivity index (χ1v) is 12.3. The van der Waals surface area contributed by atoms with E-state index in [9.17, 15) is 18.4 Å². The molecule has 0 spiro atoms. The average molecular weight is 542 g/mol. The Bertz CT molecular complexity index is 1380. The number of rotatable bonds is 8. The van der Waals surface area contributed by atoms with Gasteiger partial charge in [-0.3, -0.25) is 0 Å². The molecule has 11 heteroatoms. The quantitative estimate of drug-likeness (QED) is 0.349. The van der Waals surface area contributed by atoms with Crippen LogP contribution in [0.3, 0.4) is 0 Å². The van der Waals surface area contributed by atoms with E-state index in [1.807, 2.05) is 29.6 Å². The minimum atomic E-state index is -2.90. The predicted molar refractivity (Wildman–Crippen MR) is 139 cm³/mol. The summed E-state index contributed by atoms with van der Waals surface area (Å²) < 4.78 is 39.4. The van der Waals surface area contributed by atoms with Gasteiger partial charge in [-0.25, -0.2) is 14.6 Å². The highest BCUT2D eigenvalue weighted by molar-refractivity contribution is 7.14. The molecule has 198 valence electrons. The van der Waals surface area contributed by atoms with E-state index in [1.165, 1.54) is 37.7 Å². The number of dihydropyridines is 1. The summed E-state index contributed by atoms with van der Waals surface area (Å²) in [6.45, 7) is 0.599. The lowest BCUT2D eigenvalue weighted by Gasteiger charge is -2.31. The molecule has 0 bridgehead atoms. The highest BCUT2D eigenvalue weighted by Crippen LogP contribution is 2.43. The zero-order chi connectivity index (χ0) is 27.4. The topological polar surface area (TPSA) is 98.8 Å². The SMILES string of the molecule is COC(=O)C1=C(C)NC(C)=C(C(=O)OC)C1c1ccccc1Nc1nc(-c2ccc(OC(F)F)cc2)cs1. The van der Waals surface area contributed by atoms with Crippen LogP contribution >= 0.6 is 11.3 Å². The van der Waals surface area contributed by atoms with Crippen LogP contribution in [-0.4, -0.2) is 37.8 Å². The Morgan fingerprint density at radius 1 is 0.974 bits per heavy atom. The molecule has 1 aliphatic rings. The van der Waals surface area contributed by atoms with Gasteiger partial charge in [-0.2, -0.15) is 8.78 Å². The molecule has 0 aliphatic carbocycles. The van der Waals surface area contributed by atoms with Crippen LogP contribution in [0.15, 0.2) is 76.5 Å². The van der Waals surface area contributed by atoms with Crippen LogP contribution in [0.2, 0.25) is 0 Å². The zero-order valence-corrected chi connectivity index (χ0v) is 21.8. The fourth-order valence-corrected chi connectivity index (χ4v) is 5.05. The highest BCUT2D eigenvalue weighted by Gasteiger charge is 2.38. The van der Waals surface area contributed by atoms with Gasteiger partial charge in [-0.1, -0.05) is 18.2 Å². The number of anilines is 2. The molecule has 0 saturated carbocycles. The van der Waals surface area contributed by atoms with Crippen molar-refractivity contribution in [2.24, 2.45) is 0 Å². The predicted octanol–water partition coefficient (Wildman–Crippen LogP) is 5.74. The summed E-state index contributed by atoms with van der Waals surface area (Å²) in [5, 5.41) is 8.76. The first-order chi connectivity index (χ1) is 18.2. The van der Waals surface area contributed by atoms with Crippen LogP contribution in [0.5, 0.6) is 5.75 Å². The van der Waals surface area contributed by atoms with Gasteiger partial charge in [-0.05, 0) is 49.7 Å². The van der Waals surface area contributed by atoms with Gasteiger partial charge in [0.1, 0.15) is 5.75 Å². The summed E-state index contributed by atoms with van der Waals surface area (Å²) >= 11 is 1.34. The Balaban J connectivity index is 1.70. The molecule has 0 saturated heterocycles. The second-order valence-corrected chi connectivity index (χ2v) is 9.13. The van der Waals surface area contributed by atoms with Crippen molar-refractivity contribution in [3.8, 4) is 17.0 Å². The molecule has 2 N–H and O–H groups in total. The number of carbonyl (C=O) groups excluding carboxylic acids is 2. The molecular formula is C27H25F2N3O5S. The fraction of sp³-hybridized carbons (Fsp3) is 0.222. The number of nitrogens with one attached hydrogen (secondary N) is 2. The van der Waals surface area contributed by atoms with Gasteiger partial charge in [0.2, 0.25) is 0 Å². The number of para-hydroxylation sites is 1. The zero-order valence-electron chi connectivity index (χ0n) is 21.0. The number of esters is 2. The number of benzene rings is 2. The van der Waals surface area contributed by atoms with Gasteiger partial charge in [-0.15, -0.1) is 11.3 Å². The number of carbonyl (C=O) groups is 2. The number of methoxy groups -OCH3 is 2. The second kappa shape index (κ2) is 11.4. The smallest absolute Gasteiger partial charge is 0.387 e. The molecule has 0 atom stereocenters. The van der Waals surface area contributed by atoms with Crippen molar-refractivity contribution in [3.63, 3.8) is 0 Å². The van der Waals surface area contributed by atoms with Gasteiger partial charge < -0.3 is 24.8 Å². The van der Waals surface area contributed by atoms with Gasteiger partial charge in [0, 0.05) is 28.0 Å². The number of ether oxygens (including phenoxy) is 3. The minimum absolute atomic E-state index is 0.0581. The maximum Gasteiger partial charge on any atom is 0.387 e. The maximum atomic E-state index is 12.9. The normalized spacial score (nSPS) is 13.9. The van der Waals surface area contributed by atoms with Crippen LogP contribution in [0, 0.1) is 0 Å². The molecule has 1 aromatic heterocycles. The fourth-order valence-electron chi connectivity index (χ4n) is 4.31. The van der Waals surface area contributed by atoms with Crippen LogP contribution in [0.4, 0.5) is 19.6 Å². The molecule has 8 nitrogen and oxygen atoms in total. The molecule has 3 aromatic rings. The van der Waals surface area contributed by atoms with Crippen LogP contribution < -0.4 is 15.4 Å². The Hall–Kier alpha value is -4.25. The molecule has 0 amide bonds. The van der Waals surface area contributed by atoms with Gasteiger partial charge in [0.25, 0.3) is 0 Å². The average Bonchev–Trinajstić information content (AvgIpc) is 3.36. The van der Waals surface area contributed by atoms with E-state index in [4.69, 9.17) is 9.47 Å². The Labute approximate surface area is 221 Å². The molecule has 4 rings (SSSR count). The van der Waals surface area contributed by atoms with Crippen molar-refractivity contribution in [1.29, 1.82) is 0 Å². The van der Waals surface area contributed by atoms with E-state index in [1.54, 1.807) is 26.0 Å². The number of nitrogens with zero attached hydrogens (tertiary/aromatic N) is 1. The van der Waals surface area contributed by atoms with Crippen LogP contribution in [0.25, 0.3) is 11.3 Å². The van der Waals surface area contributed by atoms with Crippen molar-refractivity contribution < 1.29 is 32.6 Å². The van der Waals surface area contributed by atoms with Gasteiger partial charge in [0.15, 0.2) is 5.13 Å². The van der Waals surface area contributed by atoms with Crippen molar-refractivity contribution in [1.82, 2.24) is 10.3 Å². The molecule has 0 unspecified atom stereocenters. The van der Waals surface area contributed by atoms with E-state index in [2.05, 4.69) is 20.4 Å². The van der Waals surface area contributed by atoms with Crippen LogP contribution in [-0.2, 0) is 19.1 Å². The Morgan fingerprint density at radius 2 is 1.58 bits per heavy atom. The first-order valence-electron chi connectivity index (χ1n) is 11.4. The van der Waals surface area contributed by atoms with Gasteiger partial charge in [0.05, 0.1) is 37.0 Å². The maximum absolute atomic E-state index is 12.9. The molecule has 2 aromatic carbocycles. The van der Waals surface area contributed by atoms with E-state index in [0.29, 0.717) is 44.6 Å². The number of hydrogen-bond acceptors (Lipinski definition) is 9. The van der Waals surface area contributed by atoms with Crippen molar-refractivity contribution in [2.45, 2.75) is 26.4 Å². The van der Waals surface area contributed by atoms with E-state index >= 15 is 0 Å². The molecule has 0 radical (unpaired) electrons. The second-order valence-electron chi connectivity index (χ2n) is 8.27. The highest BCUT2D eigenvalue weighted by atomic mass is 32.1. The summed E-state index contributed by atoms with van der Waals surface area (Å²) in [7, 11) is 2.58. The third kappa shape index (κ3) is 5.52. The largest absolute Gasteiger partial charge is 0.466 e. The minimum Gasteiger partial charge on any atom is -0.466 e. The van der Waals surface area contributed by atoms with E-state index in [-0.39, 0.29) is 5.75 Å². The number of halogens is 2. The number of alkyl halides is 2. The number of allylic oxidation sites excluding steroid dienone is 2. The monoisotopic (exact) mass is 541 g/mol. The third-order valence-electron chi connectivity index (χ3n) is 5.96. The first kappa shape index (κ1) is 26.8. The summed E-state index contributed by atoms with van der Waals surface area (Å²) in [4.78, 5) is 30.3. The Morgan fingerprint density at radius 3 is 2.16 bits per heavy atom. The Kier molecular flexibility index (Phi) is 8.06. The molecular weight excluding hydrogens is 516 g/mol. The lowest BCUT2D eigenvalue weighted by Crippen LogP contribution is -2.32. The van der Waals surface area contributed by atoms with Crippen molar-refractivity contribution in [3.05, 3.63) is 82.0 Å². The number of thiazole rings is 1. The molecule has 0 fully saturated rings. The van der Waals surface area contributed by atoms with E-state index < -0.39 is 24.5 Å².